The molecule has 2 atom stereocenters. The molecule has 0 aliphatic carbocycles. The van der Waals surface area contributed by atoms with Crippen molar-refractivity contribution in [3.63, 3.8) is 0 Å². The highest BCUT2D eigenvalue weighted by Gasteiger charge is 2.40. The fourth-order valence-corrected chi connectivity index (χ4v) is 3.57. The highest BCUT2D eigenvalue weighted by Crippen LogP contribution is 2.27. The monoisotopic (exact) mass is 310 g/mol. The van der Waals surface area contributed by atoms with Crippen molar-refractivity contribution in [1.82, 2.24) is 14.9 Å². The third-order valence-corrected chi connectivity index (χ3v) is 4.76. The largest absolute Gasteiger partial charge is 0.373 e. The Balaban J connectivity index is 1.50. The van der Waals surface area contributed by atoms with Gasteiger partial charge in [-0.1, -0.05) is 30.3 Å². The molecular formula is C18H22N4O. The number of aromatic nitrogens is 2. The molecule has 2 aliphatic rings. The lowest BCUT2D eigenvalue weighted by Gasteiger charge is -2.36. The minimum Gasteiger partial charge on any atom is -0.373 e. The lowest BCUT2D eigenvalue weighted by molar-refractivity contribution is -0.0499. The Hall–Kier alpha value is -1.98. The molecule has 0 N–H and O–H groups in total. The van der Waals surface area contributed by atoms with Crippen LogP contribution in [0.25, 0.3) is 0 Å². The van der Waals surface area contributed by atoms with Crippen LogP contribution >= 0.6 is 0 Å². The summed E-state index contributed by atoms with van der Waals surface area (Å²) < 4.78 is 6.03. The zero-order valence-electron chi connectivity index (χ0n) is 13.4. The number of fused-ring (bicyclic) bond motifs is 1. The van der Waals surface area contributed by atoms with Crippen molar-refractivity contribution in [2.24, 2.45) is 0 Å². The molecule has 1 aromatic carbocycles. The second-order valence-corrected chi connectivity index (χ2v) is 6.36. The van der Waals surface area contributed by atoms with Crippen molar-refractivity contribution in [1.29, 1.82) is 0 Å². The molecular weight excluding hydrogens is 288 g/mol. The van der Waals surface area contributed by atoms with Crippen LogP contribution in [0.2, 0.25) is 0 Å². The van der Waals surface area contributed by atoms with E-state index in [0.29, 0.717) is 6.04 Å². The van der Waals surface area contributed by atoms with Gasteiger partial charge in [-0.25, -0.2) is 9.97 Å². The topological polar surface area (TPSA) is 41.5 Å². The van der Waals surface area contributed by atoms with E-state index < -0.39 is 0 Å². The molecule has 2 saturated heterocycles. The van der Waals surface area contributed by atoms with Gasteiger partial charge in [-0.2, -0.15) is 0 Å². The predicted octanol–water partition coefficient (Wildman–Crippen LogP) is 1.87. The van der Waals surface area contributed by atoms with Crippen LogP contribution in [0.15, 0.2) is 42.7 Å². The van der Waals surface area contributed by atoms with Crippen molar-refractivity contribution in [2.75, 3.05) is 31.1 Å². The number of nitrogens with zero attached hydrogens (tertiary/aromatic N) is 4. The number of hydrogen-bond donors (Lipinski definition) is 0. The van der Waals surface area contributed by atoms with Crippen LogP contribution in [0, 0.1) is 6.92 Å². The summed E-state index contributed by atoms with van der Waals surface area (Å²) in [5, 5.41) is 0. The molecule has 1 aromatic heterocycles. The van der Waals surface area contributed by atoms with E-state index in [4.69, 9.17) is 4.74 Å². The van der Waals surface area contributed by atoms with Gasteiger partial charge in [0.1, 0.15) is 12.1 Å². The predicted molar refractivity (Wildman–Crippen MR) is 89.4 cm³/mol. The molecule has 2 aromatic rings. The van der Waals surface area contributed by atoms with Gasteiger partial charge in [0.15, 0.2) is 0 Å². The van der Waals surface area contributed by atoms with Crippen molar-refractivity contribution >= 4 is 5.82 Å². The summed E-state index contributed by atoms with van der Waals surface area (Å²) in [4.78, 5) is 13.5. The third-order valence-electron chi connectivity index (χ3n) is 4.76. The van der Waals surface area contributed by atoms with E-state index in [2.05, 4.69) is 56.2 Å². The van der Waals surface area contributed by atoms with E-state index in [0.717, 1.165) is 44.3 Å². The van der Waals surface area contributed by atoms with Gasteiger partial charge >= 0.3 is 0 Å². The lowest BCUT2D eigenvalue weighted by Crippen LogP contribution is -2.50. The van der Waals surface area contributed by atoms with Crippen LogP contribution in [-0.4, -0.2) is 53.3 Å². The molecule has 4 rings (SSSR count). The molecule has 0 spiro atoms. The fraction of sp³-hybridized carbons (Fsp3) is 0.444. The molecule has 0 radical (unpaired) electrons. The molecule has 2 unspecified atom stereocenters. The fourth-order valence-electron chi connectivity index (χ4n) is 3.57. The maximum Gasteiger partial charge on any atom is 0.132 e. The number of benzene rings is 1. The van der Waals surface area contributed by atoms with Gasteiger partial charge < -0.3 is 9.64 Å². The number of ether oxygens (including phenoxy) is 1. The summed E-state index contributed by atoms with van der Waals surface area (Å²) in [7, 11) is 0. The van der Waals surface area contributed by atoms with Crippen LogP contribution in [-0.2, 0) is 11.3 Å². The maximum atomic E-state index is 6.03. The summed E-state index contributed by atoms with van der Waals surface area (Å²) in [6, 6.07) is 13.2. The quantitative estimate of drug-likeness (QED) is 0.866. The Labute approximate surface area is 136 Å². The molecule has 5 nitrogen and oxygen atoms in total. The zero-order chi connectivity index (χ0) is 15.6. The van der Waals surface area contributed by atoms with Gasteiger partial charge in [0.05, 0.1) is 18.8 Å². The first-order valence-corrected chi connectivity index (χ1v) is 8.23. The molecule has 120 valence electrons. The van der Waals surface area contributed by atoms with Gasteiger partial charge in [-0.15, -0.1) is 0 Å². The number of morpholine rings is 1. The summed E-state index contributed by atoms with van der Waals surface area (Å²) >= 11 is 0. The number of hydrogen-bond acceptors (Lipinski definition) is 5. The Morgan fingerprint density at radius 1 is 1.17 bits per heavy atom. The smallest absolute Gasteiger partial charge is 0.132 e. The summed E-state index contributed by atoms with van der Waals surface area (Å²) in [5.41, 5.74) is 2.37. The number of rotatable bonds is 3. The van der Waals surface area contributed by atoms with E-state index in [1.54, 1.807) is 6.33 Å². The Bertz CT molecular complexity index is 663. The van der Waals surface area contributed by atoms with E-state index in [9.17, 15) is 0 Å². The maximum absolute atomic E-state index is 6.03. The minimum absolute atomic E-state index is 0.266. The molecule has 3 heterocycles. The SMILES string of the molecule is Cc1cc(N2CC3OCCN(Cc4ccccc4)C3C2)ncn1. The molecule has 23 heavy (non-hydrogen) atoms. The molecule has 2 aliphatic heterocycles. The summed E-state index contributed by atoms with van der Waals surface area (Å²) in [6.07, 6.45) is 1.91. The van der Waals surface area contributed by atoms with E-state index in [1.165, 1.54) is 5.56 Å². The zero-order valence-corrected chi connectivity index (χ0v) is 13.4. The first-order valence-electron chi connectivity index (χ1n) is 8.23. The second-order valence-electron chi connectivity index (χ2n) is 6.36. The van der Waals surface area contributed by atoms with Crippen LogP contribution in [0.4, 0.5) is 5.82 Å². The van der Waals surface area contributed by atoms with Crippen molar-refractivity contribution in [2.45, 2.75) is 25.6 Å². The van der Waals surface area contributed by atoms with Crippen LogP contribution in [0.5, 0.6) is 0 Å². The number of aryl methyl sites for hydroxylation is 1. The van der Waals surface area contributed by atoms with Gasteiger partial charge in [0.2, 0.25) is 0 Å². The summed E-state index contributed by atoms with van der Waals surface area (Å²) in [6.45, 7) is 6.67. The average Bonchev–Trinajstić information content (AvgIpc) is 3.01. The van der Waals surface area contributed by atoms with Crippen LogP contribution < -0.4 is 4.90 Å². The molecule has 5 heteroatoms. The Morgan fingerprint density at radius 2 is 2.04 bits per heavy atom. The highest BCUT2D eigenvalue weighted by molar-refractivity contribution is 5.41. The molecule has 0 saturated carbocycles. The average molecular weight is 310 g/mol. The summed E-state index contributed by atoms with van der Waals surface area (Å²) in [5.74, 6) is 1.01. The first kappa shape index (κ1) is 14.6. The van der Waals surface area contributed by atoms with Crippen molar-refractivity contribution in [3.05, 3.63) is 54.0 Å². The van der Waals surface area contributed by atoms with Gasteiger partial charge in [-0.05, 0) is 12.5 Å². The van der Waals surface area contributed by atoms with E-state index in [1.807, 2.05) is 6.92 Å². The Morgan fingerprint density at radius 3 is 2.87 bits per heavy atom. The van der Waals surface area contributed by atoms with Gasteiger partial charge in [0, 0.05) is 37.9 Å². The van der Waals surface area contributed by atoms with Crippen molar-refractivity contribution in [3.8, 4) is 0 Å². The second kappa shape index (κ2) is 6.26. The third kappa shape index (κ3) is 3.07. The standard InChI is InChI=1S/C18H22N4O/c1-14-9-18(20-13-19-14)22-11-16-17(12-22)23-8-7-21(16)10-15-5-3-2-4-6-15/h2-6,9,13,16-17H,7-8,10-12H2,1H3. The van der Waals surface area contributed by atoms with E-state index in [-0.39, 0.29) is 6.10 Å². The lowest BCUT2D eigenvalue weighted by atomic mass is 10.1. The van der Waals surface area contributed by atoms with Gasteiger partial charge in [-0.3, -0.25) is 4.90 Å². The highest BCUT2D eigenvalue weighted by atomic mass is 16.5. The van der Waals surface area contributed by atoms with Crippen molar-refractivity contribution < 1.29 is 4.74 Å². The normalized spacial score (nSPS) is 24.7. The molecule has 0 bridgehead atoms. The van der Waals surface area contributed by atoms with Gasteiger partial charge in [0.25, 0.3) is 0 Å². The Kier molecular flexibility index (Phi) is 3.97. The number of anilines is 1. The first-order chi connectivity index (χ1) is 11.3. The molecule has 0 amide bonds. The van der Waals surface area contributed by atoms with Crippen LogP contribution in [0.1, 0.15) is 11.3 Å². The molecule has 2 fully saturated rings. The van der Waals surface area contributed by atoms with Crippen LogP contribution in [0.3, 0.4) is 0 Å². The minimum atomic E-state index is 0.266. The van der Waals surface area contributed by atoms with E-state index >= 15 is 0 Å².